The summed E-state index contributed by atoms with van der Waals surface area (Å²) in [6.07, 6.45) is -0.248. The normalized spacial score (nSPS) is 30.6. The van der Waals surface area contributed by atoms with Gasteiger partial charge in [0.05, 0.1) is 13.2 Å². The Morgan fingerprint density at radius 1 is 1.30 bits per heavy atom. The maximum atomic E-state index is 11.9. The van der Waals surface area contributed by atoms with Crippen LogP contribution < -0.4 is 0 Å². The SMILES string of the molecule is COC(=O)[C@H]1O[C@@H]2O[C@H]1CN(Cc1ccccc1)[C@H]2CC(C)C. The summed E-state index contributed by atoms with van der Waals surface area (Å²) in [6.45, 7) is 5.91. The lowest BCUT2D eigenvalue weighted by molar-refractivity contribution is -0.163. The molecule has 23 heavy (non-hydrogen) atoms. The van der Waals surface area contributed by atoms with Crippen molar-refractivity contribution in [3.05, 3.63) is 35.9 Å². The molecule has 0 aromatic heterocycles. The smallest absolute Gasteiger partial charge is 0.337 e. The van der Waals surface area contributed by atoms with Gasteiger partial charge >= 0.3 is 5.97 Å². The van der Waals surface area contributed by atoms with Crippen LogP contribution in [-0.2, 0) is 25.5 Å². The van der Waals surface area contributed by atoms with E-state index in [4.69, 9.17) is 14.2 Å². The Morgan fingerprint density at radius 2 is 2.04 bits per heavy atom. The van der Waals surface area contributed by atoms with Crippen molar-refractivity contribution in [2.45, 2.75) is 51.4 Å². The minimum atomic E-state index is -0.611. The Kier molecular flexibility index (Phi) is 4.99. The molecule has 0 spiro atoms. The van der Waals surface area contributed by atoms with Gasteiger partial charge in [-0.25, -0.2) is 4.79 Å². The summed E-state index contributed by atoms with van der Waals surface area (Å²) in [5, 5.41) is 0. The first-order chi connectivity index (χ1) is 11.1. The van der Waals surface area contributed by atoms with E-state index in [0.29, 0.717) is 12.5 Å². The molecule has 4 atom stereocenters. The highest BCUT2D eigenvalue weighted by Crippen LogP contribution is 2.34. The molecule has 0 N–H and O–H groups in total. The van der Waals surface area contributed by atoms with E-state index in [9.17, 15) is 4.79 Å². The molecule has 5 heteroatoms. The summed E-state index contributed by atoms with van der Waals surface area (Å²) in [4.78, 5) is 14.3. The van der Waals surface area contributed by atoms with Crippen molar-refractivity contribution in [2.24, 2.45) is 5.92 Å². The lowest BCUT2D eigenvalue weighted by Crippen LogP contribution is -2.52. The molecule has 0 amide bonds. The van der Waals surface area contributed by atoms with Gasteiger partial charge in [0.25, 0.3) is 0 Å². The average Bonchev–Trinajstić information content (AvgIpc) is 2.90. The molecule has 2 fully saturated rings. The number of esters is 1. The number of ether oxygens (including phenoxy) is 3. The molecule has 126 valence electrons. The second kappa shape index (κ2) is 6.99. The first-order valence-corrected chi connectivity index (χ1v) is 8.25. The molecular weight excluding hydrogens is 294 g/mol. The van der Waals surface area contributed by atoms with Gasteiger partial charge in [0, 0.05) is 13.1 Å². The summed E-state index contributed by atoms with van der Waals surface area (Å²) in [5.41, 5.74) is 1.26. The van der Waals surface area contributed by atoms with Gasteiger partial charge in [-0.3, -0.25) is 4.90 Å². The molecule has 0 radical (unpaired) electrons. The van der Waals surface area contributed by atoms with E-state index in [1.165, 1.54) is 12.7 Å². The Balaban J connectivity index is 1.78. The molecule has 2 bridgehead atoms. The topological polar surface area (TPSA) is 48.0 Å². The van der Waals surface area contributed by atoms with Crippen molar-refractivity contribution >= 4 is 5.97 Å². The predicted octanol–water partition coefficient (Wildman–Crippen LogP) is 2.20. The standard InChI is InChI=1S/C18H25NO4/c1-12(2)9-14-18-22-15(16(23-18)17(20)21-3)11-19(14)10-13-7-5-4-6-8-13/h4-8,12,14-16,18H,9-11H2,1-3H3/t14-,15-,16-,18-/m0/s1. The fraction of sp³-hybridized carbons (Fsp3) is 0.611. The number of carbonyl (C=O) groups is 1. The monoisotopic (exact) mass is 319 g/mol. The van der Waals surface area contributed by atoms with Crippen molar-refractivity contribution in [1.29, 1.82) is 0 Å². The quantitative estimate of drug-likeness (QED) is 0.779. The van der Waals surface area contributed by atoms with E-state index < -0.39 is 6.10 Å². The number of carbonyl (C=O) groups excluding carboxylic acids is 1. The van der Waals surface area contributed by atoms with Crippen molar-refractivity contribution < 1.29 is 19.0 Å². The van der Waals surface area contributed by atoms with Crippen LogP contribution in [0.15, 0.2) is 30.3 Å². The molecule has 0 aliphatic carbocycles. The van der Waals surface area contributed by atoms with Gasteiger partial charge in [-0.1, -0.05) is 44.2 Å². The molecule has 3 rings (SSSR count). The summed E-state index contributed by atoms with van der Waals surface area (Å²) in [6, 6.07) is 10.5. The molecule has 2 heterocycles. The van der Waals surface area contributed by atoms with Crippen LogP contribution in [0, 0.1) is 5.92 Å². The second-order valence-electron chi connectivity index (χ2n) is 6.73. The number of hydrogen-bond donors (Lipinski definition) is 0. The zero-order valence-electron chi connectivity index (χ0n) is 14.0. The summed E-state index contributed by atoms with van der Waals surface area (Å²) >= 11 is 0. The molecule has 1 aromatic carbocycles. The Morgan fingerprint density at radius 3 is 2.70 bits per heavy atom. The zero-order valence-corrected chi connectivity index (χ0v) is 14.0. The molecule has 0 unspecified atom stereocenters. The van der Waals surface area contributed by atoms with Crippen LogP contribution in [0.5, 0.6) is 0 Å². The highest BCUT2D eigenvalue weighted by Gasteiger charge is 2.51. The molecule has 0 saturated carbocycles. The van der Waals surface area contributed by atoms with Gasteiger partial charge in [-0.2, -0.15) is 0 Å². The molecule has 2 aliphatic rings. The average molecular weight is 319 g/mol. The Labute approximate surface area is 137 Å². The number of methoxy groups -OCH3 is 1. The first-order valence-electron chi connectivity index (χ1n) is 8.25. The van der Waals surface area contributed by atoms with Gasteiger partial charge in [-0.15, -0.1) is 0 Å². The molecular formula is C18H25NO4. The van der Waals surface area contributed by atoms with Crippen LogP contribution in [0.4, 0.5) is 0 Å². The molecule has 5 nitrogen and oxygen atoms in total. The lowest BCUT2D eigenvalue weighted by atomic mass is 9.99. The van der Waals surface area contributed by atoms with E-state index in [-0.39, 0.29) is 24.4 Å². The number of benzene rings is 1. The zero-order chi connectivity index (χ0) is 16.4. The van der Waals surface area contributed by atoms with Gasteiger partial charge in [0.2, 0.25) is 0 Å². The predicted molar refractivity (Wildman–Crippen MR) is 85.6 cm³/mol. The molecule has 1 aromatic rings. The van der Waals surface area contributed by atoms with Gasteiger partial charge in [0.1, 0.15) is 6.10 Å². The van der Waals surface area contributed by atoms with Gasteiger partial charge in [0.15, 0.2) is 12.4 Å². The third kappa shape index (κ3) is 3.57. The second-order valence-corrected chi connectivity index (χ2v) is 6.73. The van der Waals surface area contributed by atoms with Gasteiger partial charge in [-0.05, 0) is 17.9 Å². The van der Waals surface area contributed by atoms with Crippen LogP contribution in [0.1, 0.15) is 25.8 Å². The fourth-order valence-electron chi connectivity index (χ4n) is 3.43. The Hall–Kier alpha value is -1.43. The van der Waals surface area contributed by atoms with Crippen molar-refractivity contribution in [3.63, 3.8) is 0 Å². The van der Waals surface area contributed by atoms with E-state index in [2.05, 4.69) is 43.0 Å². The summed E-state index contributed by atoms with van der Waals surface area (Å²) in [7, 11) is 1.39. The number of hydrogen-bond acceptors (Lipinski definition) is 5. The number of morpholine rings is 1. The highest BCUT2D eigenvalue weighted by molar-refractivity contribution is 5.75. The maximum Gasteiger partial charge on any atom is 0.337 e. The lowest BCUT2D eigenvalue weighted by Gasteiger charge is -2.39. The van der Waals surface area contributed by atoms with Gasteiger partial charge < -0.3 is 14.2 Å². The fourth-order valence-corrected chi connectivity index (χ4v) is 3.43. The van der Waals surface area contributed by atoms with Crippen LogP contribution in [0.25, 0.3) is 0 Å². The maximum absolute atomic E-state index is 11.9. The van der Waals surface area contributed by atoms with E-state index in [1.807, 2.05) is 6.07 Å². The minimum absolute atomic E-state index is 0.154. The van der Waals surface area contributed by atoms with Crippen molar-refractivity contribution in [2.75, 3.05) is 13.7 Å². The van der Waals surface area contributed by atoms with Crippen LogP contribution >= 0.6 is 0 Å². The van der Waals surface area contributed by atoms with Crippen LogP contribution in [0.3, 0.4) is 0 Å². The summed E-state index contributed by atoms with van der Waals surface area (Å²) in [5.74, 6) is 0.182. The number of fused-ring (bicyclic) bond motifs is 2. The summed E-state index contributed by atoms with van der Waals surface area (Å²) < 4.78 is 16.7. The van der Waals surface area contributed by atoms with E-state index in [0.717, 1.165) is 13.0 Å². The number of rotatable bonds is 5. The van der Waals surface area contributed by atoms with Crippen molar-refractivity contribution in [1.82, 2.24) is 4.90 Å². The van der Waals surface area contributed by atoms with E-state index >= 15 is 0 Å². The molecule has 2 aliphatic heterocycles. The third-order valence-electron chi connectivity index (χ3n) is 4.50. The third-order valence-corrected chi connectivity index (χ3v) is 4.50. The first kappa shape index (κ1) is 16.4. The number of nitrogens with zero attached hydrogens (tertiary/aromatic N) is 1. The molecule has 2 saturated heterocycles. The highest BCUT2D eigenvalue weighted by atomic mass is 16.7. The van der Waals surface area contributed by atoms with Crippen LogP contribution in [0.2, 0.25) is 0 Å². The largest absolute Gasteiger partial charge is 0.467 e. The van der Waals surface area contributed by atoms with Crippen LogP contribution in [-0.4, -0.2) is 49.1 Å². The van der Waals surface area contributed by atoms with E-state index in [1.54, 1.807) is 0 Å². The minimum Gasteiger partial charge on any atom is -0.467 e. The Bertz CT molecular complexity index is 533. The van der Waals surface area contributed by atoms with Crippen molar-refractivity contribution in [3.8, 4) is 0 Å².